The Balaban J connectivity index is 0.694. The van der Waals surface area contributed by atoms with Crippen molar-refractivity contribution in [2.24, 2.45) is 9.98 Å². The molecule has 5 aliphatic heterocycles. The van der Waals surface area contributed by atoms with Gasteiger partial charge in [0.15, 0.2) is 11.5 Å². The van der Waals surface area contributed by atoms with E-state index in [4.69, 9.17) is 52.6 Å². The zero-order valence-corrected chi connectivity index (χ0v) is 46.9. The van der Waals surface area contributed by atoms with E-state index in [2.05, 4.69) is 10.3 Å². The van der Waals surface area contributed by atoms with Gasteiger partial charge in [-0.05, 0) is 87.1 Å². The third kappa shape index (κ3) is 15.6. The summed E-state index contributed by atoms with van der Waals surface area (Å²) in [5, 5.41) is 8.91. The van der Waals surface area contributed by atoms with Crippen molar-refractivity contribution in [3.05, 3.63) is 112 Å². The highest BCUT2D eigenvalue weighted by Crippen LogP contribution is 2.40. The van der Waals surface area contributed by atoms with Crippen LogP contribution in [-0.2, 0) is 62.6 Å². The molecule has 0 bridgehead atoms. The second-order valence-electron chi connectivity index (χ2n) is 20.3. The zero-order valence-electron chi connectivity index (χ0n) is 46.9. The van der Waals surface area contributed by atoms with Gasteiger partial charge in [0.1, 0.15) is 30.4 Å². The van der Waals surface area contributed by atoms with Crippen LogP contribution in [0, 0.1) is 6.92 Å². The maximum atomic E-state index is 13.6. The van der Waals surface area contributed by atoms with Crippen molar-refractivity contribution >= 4 is 53.2 Å². The van der Waals surface area contributed by atoms with Crippen molar-refractivity contribution in [1.82, 2.24) is 29.7 Å². The lowest BCUT2D eigenvalue weighted by molar-refractivity contribution is -0.137. The lowest BCUT2D eigenvalue weighted by atomic mass is 10.0. The van der Waals surface area contributed by atoms with E-state index < -0.39 is 0 Å². The summed E-state index contributed by atoms with van der Waals surface area (Å²) in [5.74, 6) is 0.434. The maximum Gasteiger partial charge on any atom is 0.260 e. The molecule has 0 fully saturated rings. The van der Waals surface area contributed by atoms with Gasteiger partial charge in [-0.2, -0.15) is 0 Å². The van der Waals surface area contributed by atoms with Crippen molar-refractivity contribution < 1.29 is 66.6 Å². The predicted octanol–water partition coefficient (Wildman–Crippen LogP) is 6.85. The average Bonchev–Trinajstić information content (AvgIpc) is 4.22. The van der Waals surface area contributed by atoms with Crippen LogP contribution in [0.4, 0.5) is 11.4 Å². The van der Waals surface area contributed by atoms with Crippen LogP contribution in [0.5, 0.6) is 17.2 Å². The number of imide groups is 1. The first-order chi connectivity index (χ1) is 39.9. The summed E-state index contributed by atoms with van der Waals surface area (Å²) in [5.41, 5.74) is 8.16. The molecule has 4 amide bonds. The van der Waals surface area contributed by atoms with E-state index in [0.717, 1.165) is 51.1 Å². The molecule has 82 heavy (non-hydrogen) atoms. The molecule has 0 unspecified atom stereocenters. The summed E-state index contributed by atoms with van der Waals surface area (Å²) in [7, 11) is 1.54. The van der Waals surface area contributed by atoms with E-state index in [-0.39, 0.29) is 67.7 Å². The standard InChI is InChI=1S/C60H70N8O14/c1-40-24-46-33-61-51-31-54(42(3)26-49(51)59(72)67(46)35-40)81-38-43-27-44(39-82-56-32-52-50(30-55(56)74-4)60(73)68-36-41(2)25-47(68)34-62-52)29-45(28-43)53-37-65(64-63-53)11-13-76-15-17-78-19-21-80-23-22-79-20-18-77-16-14-75-12-5-6-48(69)9-10-66-57(70)7-8-58(66)71/h7-8,26-37,46-47H,5-6,9-25,38-39H2,1-4H3/t46-,47-/m0/s1. The Labute approximate surface area is 476 Å². The SMILES string of the molecule is COc1cc2c(cc1OCc1cc(COc3cc4c(cc3C)C(=O)N3C=C(C)C[C@H]3C=N4)cc(-c3cn(CCOCCOCCOCCOCCOCCOCCCC(=O)CCN4C(=O)C=CC4=O)nn3)c1)N=C[C@@H]1CC(C)=CN1C2=O. The molecule has 22 heteroatoms. The molecule has 0 spiro atoms. The average molecular weight is 1130 g/mol. The monoisotopic (exact) mass is 1130 g/mol. The minimum Gasteiger partial charge on any atom is -0.493 e. The number of aromatic nitrogens is 3. The van der Waals surface area contributed by atoms with Crippen LogP contribution in [0.2, 0.25) is 0 Å². The number of fused-ring (bicyclic) bond motifs is 4. The second-order valence-corrected chi connectivity index (χ2v) is 20.3. The molecule has 6 heterocycles. The number of aliphatic imine (C=N–C) groups is 2. The molecule has 2 atom stereocenters. The maximum absolute atomic E-state index is 13.6. The number of carbonyl (C=O) groups excluding carboxylic acids is 5. The van der Waals surface area contributed by atoms with Crippen LogP contribution in [0.3, 0.4) is 0 Å². The Morgan fingerprint density at radius 2 is 1.09 bits per heavy atom. The molecule has 5 aliphatic rings. The largest absolute Gasteiger partial charge is 0.493 e. The van der Waals surface area contributed by atoms with Gasteiger partial charge in [0.05, 0.1) is 127 Å². The van der Waals surface area contributed by atoms with Crippen LogP contribution in [0.25, 0.3) is 11.3 Å². The normalized spacial score (nSPS) is 17.0. The summed E-state index contributed by atoms with van der Waals surface area (Å²) in [4.78, 5) is 76.4. The number of carbonyl (C=O) groups is 5. The fourth-order valence-electron chi connectivity index (χ4n) is 9.80. The number of benzene rings is 3. The first kappa shape index (κ1) is 58.9. The Kier molecular flexibility index (Phi) is 20.7. The van der Waals surface area contributed by atoms with Crippen molar-refractivity contribution in [2.75, 3.05) is 92.9 Å². The van der Waals surface area contributed by atoms with Gasteiger partial charge in [-0.15, -0.1) is 5.10 Å². The minimum atomic E-state index is -0.381. The van der Waals surface area contributed by atoms with Crippen molar-refractivity contribution in [3.63, 3.8) is 0 Å². The molecule has 0 radical (unpaired) electrons. The van der Waals surface area contributed by atoms with Gasteiger partial charge in [0.2, 0.25) is 0 Å². The molecule has 22 nitrogen and oxygen atoms in total. The molecule has 0 aliphatic carbocycles. The highest BCUT2D eigenvalue weighted by atomic mass is 16.6. The Morgan fingerprint density at radius 3 is 1.65 bits per heavy atom. The van der Waals surface area contributed by atoms with E-state index in [1.165, 1.54) is 12.2 Å². The Hall–Kier alpha value is -7.73. The summed E-state index contributed by atoms with van der Waals surface area (Å²) in [6.07, 6.45) is 14.2. The lowest BCUT2D eigenvalue weighted by Gasteiger charge is -2.19. The molecule has 1 aromatic heterocycles. The van der Waals surface area contributed by atoms with E-state index in [9.17, 15) is 24.0 Å². The third-order valence-corrected chi connectivity index (χ3v) is 14.0. The fourth-order valence-corrected chi connectivity index (χ4v) is 9.80. The van der Waals surface area contributed by atoms with Gasteiger partial charge < -0.3 is 52.4 Å². The number of amides is 4. The molecule has 434 valence electrons. The number of ketones is 1. The number of nitrogens with zero attached hydrogens (tertiary/aromatic N) is 8. The first-order valence-electron chi connectivity index (χ1n) is 27.7. The molecule has 0 N–H and O–H groups in total. The molecule has 3 aromatic carbocycles. The molecular formula is C60H70N8O14. The van der Waals surface area contributed by atoms with Gasteiger partial charge in [0, 0.05) is 80.7 Å². The molecule has 0 saturated carbocycles. The summed E-state index contributed by atoms with van der Waals surface area (Å²) in [6.45, 7) is 11.7. The second kappa shape index (κ2) is 28.8. The van der Waals surface area contributed by atoms with Crippen molar-refractivity contribution in [3.8, 4) is 28.5 Å². The van der Waals surface area contributed by atoms with E-state index in [0.29, 0.717) is 144 Å². The minimum absolute atomic E-state index is 0.0179. The fraction of sp³-hybridized carbons (Fsp3) is 0.450. The molecule has 0 saturated heterocycles. The van der Waals surface area contributed by atoms with Gasteiger partial charge >= 0.3 is 0 Å². The number of aryl methyl sites for hydroxylation is 1. The smallest absolute Gasteiger partial charge is 0.260 e. The highest BCUT2D eigenvalue weighted by molar-refractivity contribution is 6.13. The van der Waals surface area contributed by atoms with Crippen molar-refractivity contribution in [2.45, 2.75) is 84.7 Å². The lowest BCUT2D eigenvalue weighted by Crippen LogP contribution is -2.32. The van der Waals surface area contributed by atoms with Crippen LogP contribution in [0.1, 0.15) is 83.4 Å². The van der Waals surface area contributed by atoms with Gasteiger partial charge in [-0.25, -0.2) is 4.68 Å². The number of methoxy groups -OCH3 is 1. The molecule has 4 aromatic rings. The Bertz CT molecular complexity index is 3110. The van der Waals surface area contributed by atoms with Gasteiger partial charge in [-0.1, -0.05) is 16.4 Å². The summed E-state index contributed by atoms with van der Waals surface area (Å²) >= 11 is 0. The summed E-state index contributed by atoms with van der Waals surface area (Å²) in [6, 6.07) is 12.8. The number of ether oxygens (including phenoxy) is 9. The number of Topliss-reactive ketones (excluding diaryl/α,β-unsaturated/α-hetero) is 1. The predicted molar refractivity (Wildman–Crippen MR) is 301 cm³/mol. The van der Waals surface area contributed by atoms with E-state index >= 15 is 0 Å². The van der Waals surface area contributed by atoms with Crippen LogP contribution < -0.4 is 14.2 Å². The number of hydrogen-bond donors (Lipinski definition) is 0. The van der Waals surface area contributed by atoms with Crippen LogP contribution >= 0.6 is 0 Å². The Morgan fingerprint density at radius 1 is 0.573 bits per heavy atom. The van der Waals surface area contributed by atoms with E-state index in [1.54, 1.807) is 33.7 Å². The number of rotatable bonds is 33. The third-order valence-electron chi connectivity index (χ3n) is 14.0. The summed E-state index contributed by atoms with van der Waals surface area (Å²) < 4.78 is 54.1. The topological polar surface area (TPSA) is 234 Å². The highest BCUT2D eigenvalue weighted by Gasteiger charge is 2.33. The molecular weight excluding hydrogens is 1060 g/mol. The zero-order chi connectivity index (χ0) is 57.4. The van der Waals surface area contributed by atoms with Gasteiger partial charge in [-0.3, -0.25) is 38.9 Å². The quantitative estimate of drug-likeness (QED) is 0.0350. The number of hydrogen-bond acceptors (Lipinski definition) is 18. The van der Waals surface area contributed by atoms with Gasteiger partial charge in [0.25, 0.3) is 23.6 Å². The van der Waals surface area contributed by atoms with Crippen LogP contribution in [0.15, 0.2) is 94.3 Å². The first-order valence-corrected chi connectivity index (χ1v) is 27.7. The molecule has 9 rings (SSSR count). The van der Waals surface area contributed by atoms with E-state index in [1.807, 2.05) is 82.1 Å². The van der Waals surface area contributed by atoms with Crippen LogP contribution in [-0.4, -0.2) is 177 Å². The van der Waals surface area contributed by atoms with Crippen molar-refractivity contribution in [1.29, 1.82) is 0 Å².